The lowest BCUT2D eigenvalue weighted by Gasteiger charge is -2.11. The number of pyridine rings is 1. The van der Waals surface area contributed by atoms with Crippen LogP contribution in [0.1, 0.15) is 11.1 Å². The highest BCUT2D eigenvalue weighted by atomic mass is 32.1. The Labute approximate surface area is 131 Å². The first kappa shape index (κ1) is 15.3. The first-order valence-electron chi connectivity index (χ1n) is 6.97. The van der Waals surface area contributed by atoms with Crippen LogP contribution in [-0.2, 0) is 0 Å². The second-order valence-corrected chi connectivity index (χ2v) is 5.37. The highest BCUT2D eigenvalue weighted by Gasteiger charge is 2.01. The molecule has 1 heterocycles. The Hall–Kier alpha value is -2.14. The van der Waals surface area contributed by atoms with Crippen LogP contribution in [0.3, 0.4) is 0 Å². The van der Waals surface area contributed by atoms with Crippen molar-refractivity contribution in [2.75, 3.05) is 23.7 Å². The molecule has 0 amide bonds. The van der Waals surface area contributed by atoms with E-state index in [0.29, 0.717) is 5.11 Å². The molecule has 110 valence electrons. The molecule has 0 spiro atoms. The Morgan fingerprint density at radius 1 is 1.10 bits per heavy atom. The summed E-state index contributed by atoms with van der Waals surface area (Å²) < 4.78 is 0. The van der Waals surface area contributed by atoms with Crippen LogP contribution in [0.2, 0.25) is 0 Å². The van der Waals surface area contributed by atoms with E-state index in [9.17, 15) is 0 Å². The fraction of sp³-hybridized carbons (Fsp3) is 0.250. The summed E-state index contributed by atoms with van der Waals surface area (Å²) in [5.41, 5.74) is 3.47. The minimum absolute atomic E-state index is 0.638. The van der Waals surface area contributed by atoms with Crippen LogP contribution in [0.15, 0.2) is 42.6 Å². The van der Waals surface area contributed by atoms with Gasteiger partial charge in [0.1, 0.15) is 6.54 Å². The quantitative estimate of drug-likeness (QED) is 0.587. The lowest BCUT2D eigenvalue weighted by molar-refractivity contribution is -0.361. The summed E-state index contributed by atoms with van der Waals surface area (Å²) in [7, 11) is 0. The number of anilines is 2. The Balaban J connectivity index is 1.72. The summed E-state index contributed by atoms with van der Waals surface area (Å²) in [6.07, 6.45) is 1.89. The van der Waals surface area contributed by atoms with Crippen molar-refractivity contribution in [3.63, 3.8) is 0 Å². The summed E-state index contributed by atoms with van der Waals surface area (Å²) >= 11 is 5.29. The lowest BCUT2D eigenvalue weighted by Crippen LogP contribution is -2.33. The molecule has 4 N–H and O–H groups in total. The van der Waals surface area contributed by atoms with Crippen LogP contribution >= 0.6 is 12.2 Å². The third-order valence-corrected chi connectivity index (χ3v) is 3.16. The molecule has 0 aliphatic carbocycles. The molecule has 0 radical (unpaired) electrons. The van der Waals surface area contributed by atoms with Crippen molar-refractivity contribution in [2.24, 2.45) is 0 Å². The molecule has 0 saturated heterocycles. The second-order valence-electron chi connectivity index (χ2n) is 4.96. The second kappa shape index (κ2) is 7.59. The minimum atomic E-state index is 0.638. The molecule has 2 rings (SSSR count). The van der Waals surface area contributed by atoms with Crippen LogP contribution < -0.4 is 20.9 Å². The average molecular weight is 301 g/mol. The fourth-order valence-electron chi connectivity index (χ4n) is 2.10. The zero-order valence-electron chi connectivity index (χ0n) is 12.4. The molecular formula is C16H21N4S+. The summed E-state index contributed by atoms with van der Waals surface area (Å²) in [5.74, 6) is 0.993. The molecule has 0 fully saturated rings. The molecule has 0 aliphatic rings. The van der Waals surface area contributed by atoms with E-state index in [1.807, 2.05) is 24.4 Å². The van der Waals surface area contributed by atoms with Crippen molar-refractivity contribution in [1.29, 1.82) is 0 Å². The summed E-state index contributed by atoms with van der Waals surface area (Å²) in [5, 5.41) is 10.3. The van der Waals surface area contributed by atoms with Gasteiger partial charge in [-0.3, -0.25) is 5.32 Å². The first-order valence-corrected chi connectivity index (χ1v) is 7.38. The van der Waals surface area contributed by atoms with Gasteiger partial charge in [0.2, 0.25) is 0 Å². The van der Waals surface area contributed by atoms with Gasteiger partial charge in [-0.25, -0.2) is 4.98 Å². The molecule has 0 saturated carbocycles. The molecule has 4 nitrogen and oxygen atoms in total. The number of nitrogens with one attached hydrogen (secondary N) is 4. The third kappa shape index (κ3) is 5.39. The SMILES string of the molecule is Cc1cc(C)cc(NC(=S)NCCNc2cccc[nH+]2)c1. The van der Waals surface area contributed by atoms with Crippen molar-refractivity contribution < 1.29 is 4.98 Å². The van der Waals surface area contributed by atoms with Gasteiger partial charge in [-0.05, 0) is 55.4 Å². The number of aromatic amines is 1. The van der Waals surface area contributed by atoms with Crippen LogP contribution in [0.5, 0.6) is 0 Å². The van der Waals surface area contributed by atoms with Gasteiger partial charge in [0.05, 0.1) is 12.7 Å². The van der Waals surface area contributed by atoms with Gasteiger partial charge >= 0.3 is 0 Å². The van der Waals surface area contributed by atoms with Gasteiger partial charge in [0, 0.05) is 11.8 Å². The topological polar surface area (TPSA) is 50.2 Å². The molecular weight excluding hydrogens is 280 g/mol. The summed E-state index contributed by atoms with van der Waals surface area (Å²) in [4.78, 5) is 3.12. The Bertz CT molecular complexity index is 578. The Kier molecular flexibility index (Phi) is 5.51. The predicted molar refractivity (Wildman–Crippen MR) is 91.6 cm³/mol. The first-order chi connectivity index (χ1) is 10.1. The molecule has 5 heteroatoms. The van der Waals surface area contributed by atoms with E-state index in [1.165, 1.54) is 11.1 Å². The monoisotopic (exact) mass is 301 g/mol. The van der Waals surface area contributed by atoms with Gasteiger partial charge in [0.15, 0.2) is 5.11 Å². The van der Waals surface area contributed by atoms with E-state index in [4.69, 9.17) is 12.2 Å². The zero-order chi connectivity index (χ0) is 15.1. The molecule has 1 aromatic heterocycles. The van der Waals surface area contributed by atoms with Crippen molar-refractivity contribution >= 4 is 28.8 Å². The molecule has 0 bridgehead atoms. The van der Waals surface area contributed by atoms with Crippen molar-refractivity contribution in [3.05, 3.63) is 53.7 Å². The number of aryl methyl sites for hydroxylation is 2. The van der Waals surface area contributed by atoms with E-state index < -0.39 is 0 Å². The number of aromatic nitrogens is 1. The third-order valence-electron chi connectivity index (χ3n) is 2.91. The van der Waals surface area contributed by atoms with Crippen LogP contribution in [0, 0.1) is 13.8 Å². The van der Waals surface area contributed by atoms with Gasteiger partial charge in [-0.1, -0.05) is 12.1 Å². The molecule has 0 atom stereocenters. The fourth-order valence-corrected chi connectivity index (χ4v) is 2.32. The molecule has 1 aromatic carbocycles. The summed E-state index contributed by atoms with van der Waals surface area (Å²) in [6, 6.07) is 12.2. The maximum absolute atomic E-state index is 5.29. The molecule has 0 unspecified atom stereocenters. The number of hydrogen-bond donors (Lipinski definition) is 3. The maximum atomic E-state index is 5.29. The Morgan fingerprint density at radius 2 is 1.86 bits per heavy atom. The van der Waals surface area contributed by atoms with Crippen LogP contribution in [0.4, 0.5) is 11.5 Å². The van der Waals surface area contributed by atoms with Gasteiger partial charge in [-0.15, -0.1) is 0 Å². The van der Waals surface area contributed by atoms with E-state index in [2.05, 4.69) is 53.0 Å². The van der Waals surface area contributed by atoms with Gasteiger partial charge < -0.3 is 10.6 Å². The highest BCUT2D eigenvalue weighted by molar-refractivity contribution is 7.80. The number of thiocarbonyl (C=S) groups is 1. The predicted octanol–water partition coefficient (Wildman–Crippen LogP) is 2.52. The van der Waals surface area contributed by atoms with Crippen LogP contribution in [-0.4, -0.2) is 18.2 Å². The van der Waals surface area contributed by atoms with E-state index in [-0.39, 0.29) is 0 Å². The maximum Gasteiger partial charge on any atom is 0.272 e. The van der Waals surface area contributed by atoms with E-state index in [1.54, 1.807) is 0 Å². The number of benzene rings is 1. The molecule has 2 aromatic rings. The average Bonchev–Trinajstić information content (AvgIpc) is 2.43. The molecule has 0 aliphatic heterocycles. The van der Waals surface area contributed by atoms with Crippen LogP contribution in [0.25, 0.3) is 0 Å². The zero-order valence-corrected chi connectivity index (χ0v) is 13.2. The highest BCUT2D eigenvalue weighted by Crippen LogP contribution is 2.13. The Morgan fingerprint density at radius 3 is 2.52 bits per heavy atom. The molecule has 21 heavy (non-hydrogen) atoms. The number of H-pyrrole nitrogens is 1. The van der Waals surface area contributed by atoms with Crippen molar-refractivity contribution in [3.8, 4) is 0 Å². The number of hydrogen-bond acceptors (Lipinski definition) is 2. The van der Waals surface area contributed by atoms with E-state index in [0.717, 1.165) is 24.6 Å². The van der Waals surface area contributed by atoms with Crippen molar-refractivity contribution in [1.82, 2.24) is 5.32 Å². The normalized spacial score (nSPS) is 10.0. The van der Waals surface area contributed by atoms with Gasteiger partial charge in [-0.2, -0.15) is 0 Å². The minimum Gasteiger partial charge on any atom is -0.359 e. The van der Waals surface area contributed by atoms with Gasteiger partial charge in [0.25, 0.3) is 5.82 Å². The number of rotatable bonds is 5. The largest absolute Gasteiger partial charge is 0.359 e. The van der Waals surface area contributed by atoms with E-state index >= 15 is 0 Å². The van der Waals surface area contributed by atoms with Crippen molar-refractivity contribution in [2.45, 2.75) is 13.8 Å². The standard InChI is InChI=1S/C16H20N4S/c1-12-9-13(2)11-14(10-12)20-16(21)19-8-7-18-15-5-3-4-6-17-15/h3-6,9-11H,7-8H2,1-2H3,(H,17,18)(H2,19,20,21)/p+1. The lowest BCUT2D eigenvalue weighted by atomic mass is 10.1. The summed E-state index contributed by atoms with van der Waals surface area (Å²) in [6.45, 7) is 5.69. The smallest absolute Gasteiger partial charge is 0.272 e.